The molecule has 5 aliphatic carbocycles. The van der Waals surface area contributed by atoms with E-state index >= 15 is 0 Å². The Hall–Kier alpha value is -0.710. The third-order valence-corrected chi connectivity index (χ3v) is 10.4. The first kappa shape index (κ1) is 26.9. The van der Waals surface area contributed by atoms with Gasteiger partial charge in [0.25, 0.3) is 0 Å². The summed E-state index contributed by atoms with van der Waals surface area (Å²) in [4.78, 5) is 25.9. The van der Waals surface area contributed by atoms with Crippen LogP contribution in [0.25, 0.3) is 0 Å². The lowest BCUT2D eigenvalue weighted by molar-refractivity contribution is -0.140. The number of aliphatic hydroxyl groups excluding tert-OH is 1. The fourth-order valence-electron chi connectivity index (χ4n) is 7.01. The second kappa shape index (κ2) is 10.8. The van der Waals surface area contributed by atoms with Gasteiger partial charge in [0.15, 0.2) is 0 Å². The monoisotopic (exact) mass is 548 g/mol. The highest BCUT2D eigenvalue weighted by atomic mass is 35.5. The minimum Gasteiger partial charge on any atom is -0.391 e. The van der Waals surface area contributed by atoms with Crippen LogP contribution < -0.4 is 21.3 Å². The molecule has 11 heteroatoms. The lowest BCUT2D eigenvalue weighted by Crippen LogP contribution is -2.72. The van der Waals surface area contributed by atoms with Gasteiger partial charge in [0.2, 0.25) is 11.8 Å². The van der Waals surface area contributed by atoms with E-state index < -0.39 is 23.4 Å². The average Bonchev–Trinajstić information content (AvgIpc) is 2.85. The summed E-state index contributed by atoms with van der Waals surface area (Å²) in [6.07, 6.45) is 5.31. The summed E-state index contributed by atoms with van der Waals surface area (Å²) in [7, 11) is 0. The maximum Gasteiger partial charge on any atom is 0.246 e. The Morgan fingerprint density at radius 1 is 1.00 bits per heavy atom. The van der Waals surface area contributed by atoms with Crippen LogP contribution in [0.4, 0.5) is 4.39 Å². The molecule has 6 fully saturated rings. The molecule has 6 rings (SSSR count). The molecule has 204 valence electrons. The van der Waals surface area contributed by atoms with Gasteiger partial charge in [-0.05, 0) is 70.6 Å². The highest BCUT2D eigenvalue weighted by molar-refractivity contribution is 6.30. The molecule has 8 nitrogen and oxygen atoms in total. The molecule has 36 heavy (non-hydrogen) atoms. The maximum absolute atomic E-state index is 13.7. The van der Waals surface area contributed by atoms with E-state index in [2.05, 4.69) is 21.3 Å². The predicted octanol–water partition coefficient (Wildman–Crippen LogP) is 1.64. The number of hydrogen-bond donors (Lipinski definition) is 5. The molecule has 1 aliphatic heterocycles. The van der Waals surface area contributed by atoms with E-state index in [1.54, 1.807) is 0 Å². The van der Waals surface area contributed by atoms with Gasteiger partial charge in [0.05, 0.1) is 34.5 Å². The van der Waals surface area contributed by atoms with E-state index in [0.29, 0.717) is 57.9 Å². The van der Waals surface area contributed by atoms with Gasteiger partial charge in [0.1, 0.15) is 12.8 Å². The lowest BCUT2D eigenvalue weighted by Gasteiger charge is -2.56. The second-order valence-electron chi connectivity index (χ2n) is 11.7. The van der Waals surface area contributed by atoms with E-state index in [0.717, 1.165) is 19.3 Å². The van der Waals surface area contributed by atoms with Gasteiger partial charge in [-0.2, -0.15) is 0 Å². The number of rotatable bonds is 6. The van der Waals surface area contributed by atoms with E-state index in [9.17, 15) is 19.1 Å². The van der Waals surface area contributed by atoms with Crippen molar-refractivity contribution in [3.05, 3.63) is 0 Å². The summed E-state index contributed by atoms with van der Waals surface area (Å²) in [5.74, 6) is -0.312. The van der Waals surface area contributed by atoms with Crippen molar-refractivity contribution < 1.29 is 23.8 Å². The molecule has 5 saturated carbocycles. The van der Waals surface area contributed by atoms with Crippen LogP contribution >= 0.6 is 23.2 Å². The first-order valence-corrected chi connectivity index (χ1v) is 14.4. The van der Waals surface area contributed by atoms with E-state index in [-0.39, 0.29) is 53.4 Å². The molecular weight excluding hydrogens is 510 g/mol. The Labute approximate surface area is 222 Å². The molecule has 0 aromatic carbocycles. The van der Waals surface area contributed by atoms with E-state index in [1.165, 1.54) is 0 Å². The molecule has 6 aliphatic rings. The van der Waals surface area contributed by atoms with Crippen LogP contribution in [0.2, 0.25) is 0 Å². The van der Waals surface area contributed by atoms with Crippen LogP contribution in [0, 0.1) is 0 Å². The zero-order valence-electron chi connectivity index (χ0n) is 20.6. The molecule has 0 radical (unpaired) electrons. The molecule has 0 aromatic rings. The molecule has 2 bridgehead atoms. The van der Waals surface area contributed by atoms with Gasteiger partial charge in [-0.1, -0.05) is 0 Å². The molecular formula is C25H39Cl2FN4O4. The third-order valence-electron chi connectivity index (χ3n) is 9.30. The minimum atomic E-state index is -0.771. The van der Waals surface area contributed by atoms with Gasteiger partial charge in [-0.3, -0.25) is 9.59 Å². The van der Waals surface area contributed by atoms with Crippen molar-refractivity contribution in [2.24, 2.45) is 0 Å². The van der Waals surface area contributed by atoms with Crippen LogP contribution in [-0.2, 0) is 14.3 Å². The number of amides is 2. The van der Waals surface area contributed by atoms with Gasteiger partial charge < -0.3 is 31.1 Å². The highest BCUT2D eigenvalue weighted by Gasteiger charge is 2.55. The minimum absolute atomic E-state index is 0.0573. The quantitative estimate of drug-likeness (QED) is 0.322. The normalized spacial score (nSPS) is 46.6. The van der Waals surface area contributed by atoms with Crippen LogP contribution in [0.1, 0.15) is 70.6 Å². The van der Waals surface area contributed by atoms with Crippen molar-refractivity contribution in [2.75, 3.05) is 13.2 Å². The van der Waals surface area contributed by atoms with Crippen LogP contribution in [0.5, 0.6) is 0 Å². The summed E-state index contributed by atoms with van der Waals surface area (Å²) < 4.78 is 19.5. The number of nitrogens with one attached hydrogen (secondary N) is 4. The standard InChI is InChI=1S/C25H39Cl2FN4O4/c26-16-3-2-15(10-17(16)27)36-13-22(34)31-25-7-5-24(6-8-25,11-21(25)33)32-23(35)20-12-29-19-9-14(28)1-4-18(19)30-20/h14-21,29-30,33H,1-13H2,(H,31,34)(H,32,35)/t14?,15?,16?,17?,18?,19?,20?,21-,24?,25?/m0/s1. The zero-order chi connectivity index (χ0) is 25.5. The Kier molecular flexibility index (Phi) is 8.07. The summed E-state index contributed by atoms with van der Waals surface area (Å²) >= 11 is 12.4. The first-order chi connectivity index (χ1) is 17.2. The van der Waals surface area contributed by atoms with E-state index in [1.807, 2.05) is 0 Å². The fourth-order valence-corrected chi connectivity index (χ4v) is 7.56. The predicted molar refractivity (Wildman–Crippen MR) is 135 cm³/mol. The Morgan fingerprint density at radius 2 is 1.78 bits per heavy atom. The lowest BCUT2D eigenvalue weighted by atomic mass is 9.59. The van der Waals surface area contributed by atoms with Crippen LogP contribution in [-0.4, -0.2) is 88.4 Å². The number of alkyl halides is 3. The number of ether oxygens (including phenoxy) is 1. The molecule has 5 N–H and O–H groups in total. The molecule has 7 unspecified atom stereocenters. The van der Waals surface area contributed by atoms with Crippen molar-refractivity contribution in [3.8, 4) is 0 Å². The number of aliphatic hydroxyl groups is 1. The molecule has 0 aromatic heterocycles. The highest BCUT2D eigenvalue weighted by Crippen LogP contribution is 2.47. The largest absolute Gasteiger partial charge is 0.391 e. The van der Waals surface area contributed by atoms with Crippen LogP contribution in [0.15, 0.2) is 0 Å². The van der Waals surface area contributed by atoms with Crippen LogP contribution in [0.3, 0.4) is 0 Å². The summed E-state index contributed by atoms with van der Waals surface area (Å²) in [6.45, 7) is 0.401. The Balaban J connectivity index is 1.10. The maximum atomic E-state index is 13.7. The molecule has 1 saturated heterocycles. The SMILES string of the molecule is O=C(COC1CCC(Cl)C(Cl)C1)NC12CCC(NC(=O)C3CNC4CC(F)CCC4N3)(CC1)C[C@@H]2O. The van der Waals surface area contributed by atoms with Crippen molar-refractivity contribution in [1.29, 1.82) is 0 Å². The molecule has 2 amide bonds. The topological polar surface area (TPSA) is 112 Å². The van der Waals surface area contributed by atoms with Gasteiger partial charge in [-0.25, -0.2) is 4.39 Å². The summed E-state index contributed by atoms with van der Waals surface area (Å²) in [6, 6.07) is -0.199. The summed E-state index contributed by atoms with van der Waals surface area (Å²) in [5.41, 5.74) is -1.15. The first-order valence-electron chi connectivity index (χ1n) is 13.5. The van der Waals surface area contributed by atoms with Gasteiger partial charge >= 0.3 is 0 Å². The van der Waals surface area contributed by atoms with Crippen molar-refractivity contribution >= 4 is 35.0 Å². The molecule has 8 atom stereocenters. The number of piperazine rings is 1. The molecule has 1 heterocycles. The number of carbonyl (C=O) groups is 2. The number of fused-ring (bicyclic) bond motifs is 4. The van der Waals surface area contributed by atoms with E-state index in [4.69, 9.17) is 27.9 Å². The zero-order valence-corrected chi connectivity index (χ0v) is 22.1. The van der Waals surface area contributed by atoms with Crippen molar-refractivity contribution in [1.82, 2.24) is 21.3 Å². The summed E-state index contributed by atoms with van der Waals surface area (Å²) in [5, 5.41) is 23.9. The average molecular weight is 550 g/mol. The fraction of sp³-hybridized carbons (Fsp3) is 0.920. The molecule has 0 spiro atoms. The number of halogens is 3. The Morgan fingerprint density at radius 3 is 2.50 bits per heavy atom. The third kappa shape index (κ3) is 5.66. The second-order valence-corrected chi connectivity index (χ2v) is 12.8. The van der Waals surface area contributed by atoms with Crippen molar-refractivity contribution in [2.45, 2.75) is 129 Å². The smallest absolute Gasteiger partial charge is 0.246 e. The van der Waals surface area contributed by atoms with Gasteiger partial charge in [0, 0.05) is 24.2 Å². The van der Waals surface area contributed by atoms with Crippen molar-refractivity contribution in [3.63, 3.8) is 0 Å². The number of carbonyl (C=O) groups excluding carboxylic acids is 2. The van der Waals surface area contributed by atoms with Gasteiger partial charge in [-0.15, -0.1) is 23.2 Å². The Bertz CT molecular complexity index is 830. The number of hydrogen-bond acceptors (Lipinski definition) is 6.